The number of hydrogen-bond donors (Lipinski definition) is 3. The van der Waals surface area contributed by atoms with Gasteiger partial charge in [-0.3, -0.25) is 9.59 Å². The Bertz CT molecular complexity index is 706. The number of carboxylic acid groups (broad SMARTS) is 1. The topological polar surface area (TPSA) is 95.1 Å². The van der Waals surface area contributed by atoms with Gasteiger partial charge in [-0.2, -0.15) is 0 Å². The lowest BCUT2D eigenvalue weighted by molar-refractivity contribution is -0.141. The van der Waals surface area contributed by atoms with Gasteiger partial charge in [0.25, 0.3) is 5.91 Å². The van der Waals surface area contributed by atoms with E-state index >= 15 is 0 Å². The van der Waals surface area contributed by atoms with Crippen LogP contribution in [0.15, 0.2) is 17.6 Å². The van der Waals surface area contributed by atoms with Crippen LogP contribution in [0.1, 0.15) is 34.8 Å². The summed E-state index contributed by atoms with van der Waals surface area (Å²) in [5.41, 5.74) is 2.20. The van der Waals surface area contributed by atoms with Gasteiger partial charge >= 0.3 is 5.97 Å². The van der Waals surface area contributed by atoms with E-state index < -0.39 is 5.97 Å². The summed E-state index contributed by atoms with van der Waals surface area (Å²) >= 11 is 1.56. The van der Waals surface area contributed by atoms with Crippen molar-refractivity contribution in [3.05, 3.63) is 28.3 Å². The van der Waals surface area contributed by atoms with Gasteiger partial charge in [0.05, 0.1) is 16.6 Å². The van der Waals surface area contributed by atoms with E-state index in [1.165, 1.54) is 0 Å². The van der Waals surface area contributed by atoms with Crippen molar-refractivity contribution in [1.82, 2.24) is 15.3 Å². The molecular formula is C15H17N3O3S. The highest BCUT2D eigenvalue weighted by atomic mass is 32.1. The predicted octanol–water partition coefficient (Wildman–Crippen LogP) is 2.43. The van der Waals surface area contributed by atoms with E-state index in [-0.39, 0.29) is 17.9 Å². The monoisotopic (exact) mass is 319 g/mol. The quantitative estimate of drug-likeness (QED) is 0.806. The first-order valence-electron chi connectivity index (χ1n) is 7.17. The minimum absolute atomic E-state index is 0.0677. The maximum absolute atomic E-state index is 12.2. The van der Waals surface area contributed by atoms with Crippen molar-refractivity contribution in [2.75, 3.05) is 0 Å². The summed E-state index contributed by atoms with van der Waals surface area (Å²) in [5, 5.41) is 14.8. The molecule has 0 aromatic carbocycles. The fourth-order valence-corrected chi connectivity index (χ4v) is 3.39. The molecule has 0 spiro atoms. The van der Waals surface area contributed by atoms with Crippen LogP contribution in [-0.4, -0.2) is 33.0 Å². The number of carbonyl (C=O) groups excluding carboxylic acids is 1. The van der Waals surface area contributed by atoms with Gasteiger partial charge in [0.2, 0.25) is 0 Å². The van der Waals surface area contributed by atoms with Crippen LogP contribution in [0, 0.1) is 12.8 Å². The Kier molecular flexibility index (Phi) is 3.98. The average molecular weight is 319 g/mol. The lowest BCUT2D eigenvalue weighted by Gasteiger charge is -2.11. The van der Waals surface area contributed by atoms with Crippen molar-refractivity contribution < 1.29 is 14.7 Å². The second kappa shape index (κ2) is 5.92. The first-order valence-corrected chi connectivity index (χ1v) is 8.05. The van der Waals surface area contributed by atoms with Crippen molar-refractivity contribution in [2.45, 2.75) is 32.2 Å². The number of rotatable bonds is 4. The zero-order chi connectivity index (χ0) is 15.7. The minimum atomic E-state index is -0.780. The average Bonchev–Trinajstić information content (AvgIpc) is 3.16. The van der Waals surface area contributed by atoms with Gasteiger partial charge in [0, 0.05) is 23.2 Å². The van der Waals surface area contributed by atoms with Crippen LogP contribution in [0.25, 0.3) is 11.3 Å². The molecule has 0 bridgehead atoms. The summed E-state index contributed by atoms with van der Waals surface area (Å²) < 4.78 is 0. The van der Waals surface area contributed by atoms with E-state index in [0.29, 0.717) is 25.0 Å². The zero-order valence-corrected chi connectivity index (χ0v) is 12.9. The smallest absolute Gasteiger partial charge is 0.306 e. The Morgan fingerprint density at radius 2 is 2.27 bits per heavy atom. The van der Waals surface area contributed by atoms with Crippen LogP contribution in [-0.2, 0) is 4.79 Å². The molecule has 2 atom stereocenters. The molecule has 2 heterocycles. The fraction of sp³-hybridized carbons (Fsp3) is 0.400. The van der Waals surface area contributed by atoms with Crippen LogP contribution < -0.4 is 5.32 Å². The molecule has 0 radical (unpaired) electrons. The zero-order valence-electron chi connectivity index (χ0n) is 12.1. The van der Waals surface area contributed by atoms with E-state index in [0.717, 1.165) is 16.3 Å². The summed E-state index contributed by atoms with van der Waals surface area (Å²) in [6.07, 6.45) is 3.59. The van der Waals surface area contributed by atoms with Crippen molar-refractivity contribution in [3.8, 4) is 11.3 Å². The first kappa shape index (κ1) is 14.8. The van der Waals surface area contributed by atoms with Crippen molar-refractivity contribution >= 4 is 23.2 Å². The van der Waals surface area contributed by atoms with Crippen LogP contribution >= 0.6 is 11.3 Å². The maximum atomic E-state index is 12.2. The highest BCUT2D eigenvalue weighted by Gasteiger charge is 2.30. The fourth-order valence-electron chi connectivity index (χ4n) is 2.77. The molecule has 2 aromatic heterocycles. The summed E-state index contributed by atoms with van der Waals surface area (Å²) in [5.74, 6) is -1.32. The van der Waals surface area contributed by atoms with E-state index in [9.17, 15) is 9.59 Å². The number of H-pyrrole nitrogens is 1. The molecule has 0 unspecified atom stereocenters. The third-order valence-corrected chi connectivity index (χ3v) is 4.73. The molecule has 1 amide bonds. The van der Waals surface area contributed by atoms with Crippen LogP contribution in [0.3, 0.4) is 0 Å². The number of aromatic nitrogens is 2. The Morgan fingerprint density at radius 1 is 1.45 bits per heavy atom. The molecule has 6 nitrogen and oxygen atoms in total. The Balaban J connectivity index is 1.64. The third kappa shape index (κ3) is 3.04. The van der Waals surface area contributed by atoms with Gasteiger partial charge in [-0.15, -0.1) is 11.3 Å². The molecular weight excluding hydrogens is 302 g/mol. The number of thiazole rings is 1. The van der Waals surface area contributed by atoms with Gasteiger partial charge in [-0.1, -0.05) is 0 Å². The molecule has 22 heavy (non-hydrogen) atoms. The minimum Gasteiger partial charge on any atom is -0.481 e. The SMILES string of the molecule is Cc1nc(-c2c[nH]c(C(=O)N[C@@H]3CC[C@H](C(=O)O)C3)c2)cs1. The molecule has 1 aliphatic carbocycles. The third-order valence-electron chi connectivity index (χ3n) is 3.96. The number of aromatic amines is 1. The second-order valence-corrected chi connectivity index (χ2v) is 6.63. The predicted molar refractivity (Wildman–Crippen MR) is 82.9 cm³/mol. The molecule has 1 aliphatic rings. The van der Waals surface area contributed by atoms with E-state index in [4.69, 9.17) is 5.11 Å². The molecule has 116 valence electrons. The summed E-state index contributed by atoms with van der Waals surface area (Å²) in [4.78, 5) is 30.5. The largest absolute Gasteiger partial charge is 0.481 e. The van der Waals surface area contributed by atoms with Gasteiger partial charge in [-0.25, -0.2) is 4.98 Å². The number of aryl methyl sites for hydroxylation is 1. The lowest BCUT2D eigenvalue weighted by Crippen LogP contribution is -2.33. The van der Waals surface area contributed by atoms with Crippen molar-refractivity contribution in [3.63, 3.8) is 0 Å². The van der Waals surface area contributed by atoms with Crippen molar-refractivity contribution in [2.24, 2.45) is 5.92 Å². The van der Waals surface area contributed by atoms with Crippen LogP contribution in [0.5, 0.6) is 0 Å². The summed E-state index contributed by atoms with van der Waals surface area (Å²) in [6.45, 7) is 1.94. The Morgan fingerprint density at radius 3 is 2.91 bits per heavy atom. The molecule has 0 saturated heterocycles. The van der Waals surface area contributed by atoms with E-state index in [2.05, 4.69) is 15.3 Å². The maximum Gasteiger partial charge on any atom is 0.306 e. The Labute approximate surface area is 131 Å². The molecule has 2 aromatic rings. The number of hydrogen-bond acceptors (Lipinski definition) is 4. The Hall–Kier alpha value is -2.15. The standard InChI is InChI=1S/C15H17N3O3S/c1-8-17-13(7-22-8)10-5-12(16-6-10)14(19)18-11-3-2-9(4-11)15(20)21/h5-7,9,11,16H,2-4H2,1H3,(H,18,19)(H,20,21)/t9-,11+/m0/s1. The van der Waals surface area contributed by atoms with E-state index in [1.807, 2.05) is 12.3 Å². The molecule has 1 saturated carbocycles. The molecule has 3 rings (SSSR count). The lowest BCUT2D eigenvalue weighted by atomic mass is 10.1. The van der Waals surface area contributed by atoms with Gasteiger partial charge in [-0.05, 0) is 32.3 Å². The normalized spacial score (nSPS) is 21.0. The number of carbonyl (C=O) groups is 2. The number of aliphatic carboxylic acids is 1. The number of nitrogens with zero attached hydrogens (tertiary/aromatic N) is 1. The molecule has 1 fully saturated rings. The summed E-state index contributed by atoms with van der Waals surface area (Å²) in [6, 6.07) is 1.70. The highest BCUT2D eigenvalue weighted by Crippen LogP contribution is 2.26. The second-order valence-electron chi connectivity index (χ2n) is 5.57. The van der Waals surface area contributed by atoms with E-state index in [1.54, 1.807) is 23.6 Å². The van der Waals surface area contributed by atoms with Gasteiger partial charge in [0.15, 0.2) is 0 Å². The van der Waals surface area contributed by atoms with Crippen molar-refractivity contribution in [1.29, 1.82) is 0 Å². The van der Waals surface area contributed by atoms with Gasteiger partial charge in [0.1, 0.15) is 5.69 Å². The first-order chi connectivity index (χ1) is 10.5. The number of nitrogens with one attached hydrogen (secondary N) is 2. The van der Waals surface area contributed by atoms with Crippen LogP contribution in [0.2, 0.25) is 0 Å². The number of amides is 1. The highest BCUT2D eigenvalue weighted by molar-refractivity contribution is 7.09. The molecule has 7 heteroatoms. The van der Waals surface area contributed by atoms with Crippen LogP contribution in [0.4, 0.5) is 0 Å². The molecule has 3 N–H and O–H groups in total. The summed E-state index contributed by atoms with van der Waals surface area (Å²) in [7, 11) is 0. The number of carboxylic acids is 1. The van der Waals surface area contributed by atoms with Gasteiger partial charge < -0.3 is 15.4 Å². The molecule has 0 aliphatic heterocycles.